The van der Waals surface area contributed by atoms with Crippen molar-refractivity contribution in [3.8, 4) is 22.8 Å². The Labute approximate surface area is 171 Å². The Morgan fingerprint density at radius 2 is 0.867 bits per heavy atom. The molecule has 0 amide bonds. The van der Waals surface area contributed by atoms with E-state index in [9.17, 15) is 0 Å². The van der Waals surface area contributed by atoms with Crippen LogP contribution in [0.3, 0.4) is 0 Å². The van der Waals surface area contributed by atoms with Crippen LogP contribution in [0.2, 0.25) is 0 Å². The molecule has 0 spiro atoms. The predicted molar refractivity (Wildman–Crippen MR) is 117 cm³/mol. The van der Waals surface area contributed by atoms with E-state index in [4.69, 9.17) is 9.97 Å². The van der Waals surface area contributed by atoms with Gasteiger partial charge in [-0.2, -0.15) is 0 Å². The quantitative estimate of drug-likeness (QED) is 0.396. The van der Waals surface area contributed by atoms with Crippen LogP contribution >= 0.6 is 0 Å². The highest BCUT2D eigenvalue weighted by atomic mass is 14.9. The molecule has 0 bridgehead atoms. The second-order valence-electron chi connectivity index (χ2n) is 6.85. The van der Waals surface area contributed by atoms with Crippen LogP contribution in [-0.2, 0) is 0 Å². The van der Waals surface area contributed by atoms with Gasteiger partial charge in [-0.15, -0.1) is 0 Å². The van der Waals surface area contributed by atoms with Gasteiger partial charge >= 0.3 is 0 Å². The van der Waals surface area contributed by atoms with Crippen molar-refractivity contribution in [3.63, 3.8) is 0 Å². The van der Waals surface area contributed by atoms with Gasteiger partial charge in [0, 0.05) is 35.6 Å². The minimum absolute atomic E-state index is 0.690. The molecule has 6 heteroatoms. The third-order valence-corrected chi connectivity index (χ3v) is 5.06. The van der Waals surface area contributed by atoms with Crippen molar-refractivity contribution in [3.05, 3.63) is 85.5 Å². The molecular formula is C24H14N6. The summed E-state index contributed by atoms with van der Waals surface area (Å²) in [5, 5.41) is 1.83. The van der Waals surface area contributed by atoms with E-state index in [1.165, 1.54) is 0 Å². The van der Waals surface area contributed by atoms with Crippen molar-refractivity contribution in [2.75, 3.05) is 0 Å². The molecule has 0 saturated heterocycles. The van der Waals surface area contributed by atoms with Crippen LogP contribution < -0.4 is 0 Å². The summed E-state index contributed by atoms with van der Waals surface area (Å²) >= 11 is 0. The first kappa shape index (κ1) is 16.6. The Morgan fingerprint density at radius 1 is 0.400 bits per heavy atom. The Morgan fingerprint density at radius 3 is 1.30 bits per heavy atom. The molecule has 6 aromatic rings. The number of fused-ring (bicyclic) bond motifs is 6. The highest BCUT2D eigenvalue weighted by molar-refractivity contribution is 6.20. The van der Waals surface area contributed by atoms with Crippen LogP contribution in [-0.4, -0.2) is 29.9 Å². The lowest BCUT2D eigenvalue weighted by Crippen LogP contribution is -2.00. The van der Waals surface area contributed by atoms with Gasteiger partial charge in [-0.3, -0.25) is 19.9 Å². The molecular weight excluding hydrogens is 372 g/mol. The Balaban J connectivity index is 1.83. The van der Waals surface area contributed by atoms with Gasteiger partial charge in [0.15, 0.2) is 0 Å². The first-order valence-corrected chi connectivity index (χ1v) is 9.56. The van der Waals surface area contributed by atoms with E-state index < -0.39 is 0 Å². The monoisotopic (exact) mass is 386 g/mol. The maximum Gasteiger partial charge on any atom is 0.117 e. The van der Waals surface area contributed by atoms with Crippen LogP contribution in [0.25, 0.3) is 55.6 Å². The first-order valence-electron chi connectivity index (χ1n) is 9.56. The average Bonchev–Trinajstić information content (AvgIpc) is 2.84. The van der Waals surface area contributed by atoms with Gasteiger partial charge in [-0.25, -0.2) is 9.97 Å². The van der Waals surface area contributed by atoms with Crippen LogP contribution in [0.15, 0.2) is 85.5 Å². The van der Waals surface area contributed by atoms with Gasteiger partial charge in [0.05, 0.1) is 33.5 Å². The SMILES string of the molecule is c1ccc(-c2nc3c4cccnc4c4ncccc4c3nc2-c2ccccn2)nc1. The fourth-order valence-electron chi connectivity index (χ4n) is 3.74. The van der Waals surface area contributed by atoms with Crippen molar-refractivity contribution < 1.29 is 0 Å². The lowest BCUT2D eigenvalue weighted by atomic mass is 10.1. The fraction of sp³-hybridized carbons (Fsp3) is 0. The molecule has 5 aromatic heterocycles. The number of hydrogen-bond acceptors (Lipinski definition) is 6. The van der Waals surface area contributed by atoms with E-state index in [-0.39, 0.29) is 0 Å². The van der Waals surface area contributed by atoms with Gasteiger partial charge in [0.2, 0.25) is 0 Å². The molecule has 0 aliphatic heterocycles. The van der Waals surface area contributed by atoms with E-state index in [1.807, 2.05) is 60.7 Å². The van der Waals surface area contributed by atoms with E-state index >= 15 is 0 Å². The molecule has 0 radical (unpaired) electrons. The largest absolute Gasteiger partial charge is 0.255 e. The summed E-state index contributed by atoms with van der Waals surface area (Å²) < 4.78 is 0. The molecule has 30 heavy (non-hydrogen) atoms. The van der Waals surface area contributed by atoms with Gasteiger partial charge in [0.25, 0.3) is 0 Å². The van der Waals surface area contributed by atoms with Crippen molar-refractivity contribution >= 4 is 32.8 Å². The standard InChI is InChI=1S/C24H14N6/c1-3-11-25-17(9-1)23-24(18-10-2-4-12-26-18)30-22-16-8-6-14-28-20(16)19-15(21(22)29-23)7-5-13-27-19/h1-14H. The number of nitrogens with zero attached hydrogens (tertiary/aromatic N) is 6. The summed E-state index contributed by atoms with van der Waals surface area (Å²) in [6, 6.07) is 19.4. The van der Waals surface area contributed by atoms with Gasteiger partial charge in [-0.1, -0.05) is 12.1 Å². The van der Waals surface area contributed by atoms with Crippen LogP contribution in [0.5, 0.6) is 0 Å². The lowest BCUT2D eigenvalue weighted by molar-refractivity contribution is 1.21. The first-order chi connectivity index (χ1) is 14.9. The molecule has 0 fully saturated rings. The van der Waals surface area contributed by atoms with Gasteiger partial charge in [-0.05, 0) is 48.5 Å². The van der Waals surface area contributed by atoms with E-state index in [0.29, 0.717) is 11.4 Å². The Bertz CT molecular complexity index is 1410. The zero-order chi connectivity index (χ0) is 19.9. The Hall–Kier alpha value is -4.32. The van der Waals surface area contributed by atoms with Crippen LogP contribution in [0.4, 0.5) is 0 Å². The molecule has 6 rings (SSSR count). The third kappa shape index (κ3) is 2.51. The highest BCUT2D eigenvalue weighted by Gasteiger charge is 2.19. The third-order valence-electron chi connectivity index (χ3n) is 5.06. The summed E-state index contributed by atoms with van der Waals surface area (Å²) in [5.74, 6) is 0. The predicted octanol–water partition coefficient (Wildman–Crippen LogP) is 4.85. The maximum absolute atomic E-state index is 5.07. The number of pyridine rings is 4. The molecule has 0 atom stereocenters. The smallest absolute Gasteiger partial charge is 0.117 e. The lowest BCUT2D eigenvalue weighted by Gasteiger charge is -2.12. The van der Waals surface area contributed by atoms with Crippen molar-refractivity contribution in [1.29, 1.82) is 0 Å². The molecule has 0 aliphatic carbocycles. The number of aromatic nitrogens is 6. The molecule has 6 nitrogen and oxygen atoms in total. The van der Waals surface area contributed by atoms with E-state index in [0.717, 1.165) is 44.2 Å². The Kier molecular flexibility index (Phi) is 3.67. The minimum atomic E-state index is 0.690. The summed E-state index contributed by atoms with van der Waals surface area (Å²) in [6.07, 6.45) is 7.07. The summed E-state index contributed by atoms with van der Waals surface area (Å²) in [4.78, 5) is 28.4. The molecule has 0 unspecified atom stereocenters. The minimum Gasteiger partial charge on any atom is -0.255 e. The van der Waals surface area contributed by atoms with Crippen molar-refractivity contribution in [2.24, 2.45) is 0 Å². The number of benzene rings is 1. The van der Waals surface area contributed by atoms with Crippen molar-refractivity contribution in [1.82, 2.24) is 29.9 Å². The highest BCUT2D eigenvalue weighted by Crippen LogP contribution is 2.35. The zero-order valence-corrected chi connectivity index (χ0v) is 15.8. The number of hydrogen-bond donors (Lipinski definition) is 0. The van der Waals surface area contributed by atoms with Crippen LogP contribution in [0, 0.1) is 0 Å². The second kappa shape index (κ2) is 6.63. The van der Waals surface area contributed by atoms with Gasteiger partial charge < -0.3 is 0 Å². The van der Waals surface area contributed by atoms with Gasteiger partial charge in [0.1, 0.15) is 11.4 Å². The van der Waals surface area contributed by atoms with E-state index in [2.05, 4.69) is 19.9 Å². The van der Waals surface area contributed by atoms with Crippen molar-refractivity contribution in [2.45, 2.75) is 0 Å². The second-order valence-corrected chi connectivity index (χ2v) is 6.85. The van der Waals surface area contributed by atoms with Crippen LogP contribution in [0.1, 0.15) is 0 Å². The molecule has 0 N–H and O–H groups in total. The molecule has 0 saturated carbocycles. The summed E-state index contributed by atoms with van der Waals surface area (Å²) in [6.45, 7) is 0. The topological polar surface area (TPSA) is 77.3 Å². The normalized spacial score (nSPS) is 11.3. The zero-order valence-electron chi connectivity index (χ0n) is 15.8. The summed E-state index contributed by atoms with van der Waals surface area (Å²) in [5.41, 5.74) is 6.05. The molecule has 0 aliphatic rings. The molecule has 140 valence electrons. The maximum atomic E-state index is 5.07. The molecule has 5 heterocycles. The fourth-order valence-corrected chi connectivity index (χ4v) is 3.74. The summed E-state index contributed by atoms with van der Waals surface area (Å²) in [7, 11) is 0. The number of rotatable bonds is 2. The molecule has 1 aromatic carbocycles. The average molecular weight is 386 g/mol. The van der Waals surface area contributed by atoms with E-state index in [1.54, 1.807) is 24.8 Å².